The number of amidine groups is 1. The van der Waals surface area contributed by atoms with Gasteiger partial charge in [0.25, 0.3) is 0 Å². The molecule has 0 aromatic heterocycles. The first-order valence-corrected chi connectivity index (χ1v) is 10.2. The molecule has 0 amide bonds. The molecule has 0 atom stereocenters. The molecular formula is C24H21ClFN3O. The second kappa shape index (κ2) is 9.09. The minimum atomic E-state index is -0.300. The molecule has 30 heavy (non-hydrogen) atoms. The van der Waals surface area contributed by atoms with Gasteiger partial charge < -0.3 is 4.74 Å². The highest BCUT2D eigenvalue weighted by molar-refractivity contribution is 6.31. The fraction of sp³-hybridized carbons (Fsp3) is 0.167. The van der Waals surface area contributed by atoms with Crippen molar-refractivity contribution >= 4 is 28.8 Å². The predicted octanol–water partition coefficient (Wildman–Crippen LogP) is 6.09. The van der Waals surface area contributed by atoms with Crippen LogP contribution in [0.5, 0.6) is 5.75 Å². The summed E-state index contributed by atoms with van der Waals surface area (Å²) in [6.07, 6.45) is 2.11. The minimum absolute atomic E-state index is 0.300. The van der Waals surface area contributed by atoms with Gasteiger partial charge in [0.2, 0.25) is 0 Å². The molecule has 0 bridgehead atoms. The lowest BCUT2D eigenvalue weighted by Gasteiger charge is -2.10. The number of nitrogens with zero attached hydrogens (tertiary/aromatic N) is 2. The van der Waals surface area contributed by atoms with E-state index in [0.29, 0.717) is 23.2 Å². The van der Waals surface area contributed by atoms with Gasteiger partial charge in [-0.15, -0.1) is 0 Å². The Labute approximate surface area is 180 Å². The van der Waals surface area contributed by atoms with E-state index in [1.807, 2.05) is 36.4 Å². The van der Waals surface area contributed by atoms with Crippen LogP contribution in [0.15, 0.2) is 76.8 Å². The third kappa shape index (κ3) is 4.52. The Morgan fingerprint density at radius 1 is 0.967 bits per heavy atom. The summed E-state index contributed by atoms with van der Waals surface area (Å²) in [5.41, 5.74) is 6.93. The quantitative estimate of drug-likeness (QED) is 0.489. The molecule has 1 aliphatic heterocycles. The highest BCUT2D eigenvalue weighted by atomic mass is 35.5. The van der Waals surface area contributed by atoms with Gasteiger partial charge in [0.1, 0.15) is 17.3 Å². The molecule has 0 aliphatic carbocycles. The Kier molecular flexibility index (Phi) is 6.10. The minimum Gasteiger partial charge on any atom is -0.494 e. The van der Waals surface area contributed by atoms with Crippen molar-refractivity contribution in [2.45, 2.75) is 19.8 Å². The molecular weight excluding hydrogens is 401 g/mol. The molecule has 6 heteroatoms. The molecule has 3 aromatic rings. The topological polar surface area (TPSA) is 46.0 Å². The van der Waals surface area contributed by atoms with Crippen LogP contribution >= 0.6 is 11.6 Å². The molecule has 4 rings (SSSR count). The molecule has 1 heterocycles. The number of ether oxygens (including phenoxy) is 1. The van der Waals surface area contributed by atoms with Gasteiger partial charge in [-0.1, -0.05) is 24.9 Å². The Morgan fingerprint density at radius 2 is 1.70 bits per heavy atom. The average Bonchev–Trinajstić information content (AvgIpc) is 2.94. The standard InChI is InChI=1S/C24H21ClFN3O/c1-2-3-14-30-20-11-6-16(7-12-20)23-21-15-18(25)8-13-22(21)27-24(29-28-23)17-4-9-19(26)10-5-17/h4-13,15H,2-3,14H2,1H3,(H,27,29). The van der Waals surface area contributed by atoms with Gasteiger partial charge in [-0.2, -0.15) is 5.10 Å². The maximum absolute atomic E-state index is 13.3. The number of nitrogens with one attached hydrogen (secondary N) is 1. The van der Waals surface area contributed by atoms with Crippen LogP contribution in [0.1, 0.15) is 36.5 Å². The first kappa shape index (κ1) is 20.1. The monoisotopic (exact) mass is 421 g/mol. The van der Waals surface area contributed by atoms with Gasteiger partial charge in [-0.3, -0.25) is 5.43 Å². The number of unbranched alkanes of at least 4 members (excludes halogenated alkanes) is 1. The van der Waals surface area contributed by atoms with Crippen molar-refractivity contribution in [1.29, 1.82) is 0 Å². The Morgan fingerprint density at radius 3 is 2.43 bits per heavy atom. The van der Waals surface area contributed by atoms with Gasteiger partial charge in [0.05, 0.1) is 12.3 Å². The summed E-state index contributed by atoms with van der Waals surface area (Å²) < 4.78 is 19.1. The largest absolute Gasteiger partial charge is 0.494 e. The number of rotatable bonds is 6. The predicted molar refractivity (Wildman–Crippen MR) is 120 cm³/mol. The van der Waals surface area contributed by atoms with Crippen molar-refractivity contribution < 1.29 is 9.13 Å². The van der Waals surface area contributed by atoms with Gasteiger partial charge in [0.15, 0.2) is 5.84 Å². The normalized spacial score (nSPS) is 12.9. The van der Waals surface area contributed by atoms with Gasteiger partial charge >= 0.3 is 0 Å². The van der Waals surface area contributed by atoms with E-state index in [1.54, 1.807) is 18.2 Å². The fourth-order valence-corrected chi connectivity index (χ4v) is 3.28. The molecule has 0 saturated carbocycles. The fourth-order valence-electron chi connectivity index (χ4n) is 3.11. The highest BCUT2D eigenvalue weighted by Crippen LogP contribution is 2.29. The number of hydrogen-bond acceptors (Lipinski definition) is 4. The van der Waals surface area contributed by atoms with E-state index in [4.69, 9.17) is 21.3 Å². The molecule has 0 radical (unpaired) electrons. The molecule has 4 nitrogen and oxygen atoms in total. The zero-order chi connectivity index (χ0) is 20.9. The van der Waals surface area contributed by atoms with Crippen LogP contribution in [0.4, 0.5) is 10.1 Å². The Bertz CT molecular complexity index is 1090. The average molecular weight is 422 g/mol. The van der Waals surface area contributed by atoms with E-state index in [9.17, 15) is 4.39 Å². The summed E-state index contributed by atoms with van der Waals surface area (Å²) in [6, 6.07) is 19.4. The number of hydrazone groups is 1. The van der Waals surface area contributed by atoms with Crippen molar-refractivity contribution in [1.82, 2.24) is 5.43 Å². The molecule has 1 aliphatic rings. The molecule has 3 aromatic carbocycles. The second-order valence-electron chi connectivity index (χ2n) is 6.93. The maximum atomic E-state index is 13.3. The molecule has 0 unspecified atom stereocenters. The Balaban J connectivity index is 1.69. The second-order valence-corrected chi connectivity index (χ2v) is 7.36. The van der Waals surface area contributed by atoms with Crippen LogP contribution in [0.2, 0.25) is 5.02 Å². The zero-order valence-electron chi connectivity index (χ0n) is 16.5. The highest BCUT2D eigenvalue weighted by Gasteiger charge is 2.18. The zero-order valence-corrected chi connectivity index (χ0v) is 17.3. The lowest BCUT2D eigenvalue weighted by Crippen LogP contribution is -2.19. The van der Waals surface area contributed by atoms with Crippen molar-refractivity contribution in [3.8, 4) is 5.75 Å². The van der Waals surface area contributed by atoms with E-state index in [-0.39, 0.29) is 5.82 Å². The van der Waals surface area contributed by atoms with Crippen molar-refractivity contribution in [3.63, 3.8) is 0 Å². The first-order chi connectivity index (χ1) is 14.6. The van der Waals surface area contributed by atoms with Crippen molar-refractivity contribution in [2.24, 2.45) is 10.1 Å². The van der Waals surface area contributed by atoms with E-state index in [1.165, 1.54) is 12.1 Å². The number of hydrogen-bond donors (Lipinski definition) is 1. The van der Waals surface area contributed by atoms with Gasteiger partial charge in [0, 0.05) is 21.7 Å². The summed E-state index contributed by atoms with van der Waals surface area (Å²) >= 11 is 6.26. The lowest BCUT2D eigenvalue weighted by molar-refractivity contribution is 0.309. The van der Waals surface area contributed by atoms with Gasteiger partial charge in [-0.25, -0.2) is 9.38 Å². The third-order valence-electron chi connectivity index (χ3n) is 4.73. The summed E-state index contributed by atoms with van der Waals surface area (Å²) in [6.45, 7) is 2.83. The third-order valence-corrected chi connectivity index (χ3v) is 4.97. The van der Waals surface area contributed by atoms with Crippen LogP contribution in [0.3, 0.4) is 0 Å². The maximum Gasteiger partial charge on any atom is 0.154 e. The molecule has 0 fully saturated rings. The van der Waals surface area contributed by atoms with Crippen LogP contribution in [0, 0.1) is 5.82 Å². The van der Waals surface area contributed by atoms with E-state index in [2.05, 4.69) is 17.5 Å². The number of aliphatic imine (C=N–C) groups is 1. The number of benzene rings is 3. The first-order valence-electron chi connectivity index (χ1n) is 9.85. The molecule has 0 saturated heterocycles. The SMILES string of the molecule is CCCCOc1ccc(C2=NNC(c3ccc(F)cc3)=Nc3ccc(Cl)cc32)cc1. The van der Waals surface area contributed by atoms with E-state index < -0.39 is 0 Å². The summed E-state index contributed by atoms with van der Waals surface area (Å²) in [7, 11) is 0. The van der Waals surface area contributed by atoms with Crippen LogP contribution in [-0.2, 0) is 0 Å². The lowest BCUT2D eigenvalue weighted by atomic mass is 10.0. The molecule has 152 valence electrons. The van der Waals surface area contributed by atoms with E-state index in [0.717, 1.165) is 41.0 Å². The van der Waals surface area contributed by atoms with Crippen LogP contribution in [0.25, 0.3) is 0 Å². The molecule has 1 N–H and O–H groups in total. The molecule has 0 spiro atoms. The smallest absolute Gasteiger partial charge is 0.154 e. The van der Waals surface area contributed by atoms with E-state index >= 15 is 0 Å². The summed E-state index contributed by atoms with van der Waals surface area (Å²) in [4.78, 5) is 4.71. The van der Waals surface area contributed by atoms with Crippen LogP contribution < -0.4 is 10.2 Å². The van der Waals surface area contributed by atoms with Gasteiger partial charge in [-0.05, 0) is 73.2 Å². The summed E-state index contributed by atoms with van der Waals surface area (Å²) in [5.74, 6) is 1.06. The van der Waals surface area contributed by atoms with Crippen molar-refractivity contribution in [2.75, 3.05) is 6.61 Å². The van der Waals surface area contributed by atoms with Crippen molar-refractivity contribution in [3.05, 3.63) is 94.3 Å². The van der Waals surface area contributed by atoms with Crippen LogP contribution in [-0.4, -0.2) is 18.2 Å². The summed E-state index contributed by atoms with van der Waals surface area (Å²) in [5, 5.41) is 5.20. The Hall–Kier alpha value is -3.18. The number of fused-ring (bicyclic) bond motifs is 1. The number of halogens is 2.